The predicted molar refractivity (Wildman–Crippen MR) is 141 cm³/mol. The summed E-state index contributed by atoms with van der Waals surface area (Å²) in [7, 11) is -3.02. The van der Waals surface area contributed by atoms with Crippen LogP contribution < -0.4 is 0 Å². The first kappa shape index (κ1) is 29.6. The third-order valence-electron chi connectivity index (χ3n) is 6.27. The summed E-state index contributed by atoms with van der Waals surface area (Å²) in [5, 5.41) is 18.7. The van der Waals surface area contributed by atoms with Gasteiger partial charge in [0.15, 0.2) is 11.6 Å². The van der Waals surface area contributed by atoms with Crippen molar-refractivity contribution in [3.05, 3.63) is 34.1 Å². The molecule has 0 aromatic heterocycles. The van der Waals surface area contributed by atoms with Crippen LogP contribution in [0.2, 0.25) is 0 Å². The third kappa shape index (κ3) is 8.75. The fraction of sp³-hybridized carbons (Fsp3) is 0.577. The molecule has 0 aromatic carbocycles. The van der Waals surface area contributed by atoms with E-state index >= 15 is 0 Å². The van der Waals surface area contributed by atoms with Gasteiger partial charge in [0.1, 0.15) is 0 Å². The van der Waals surface area contributed by atoms with E-state index in [9.17, 15) is 33.7 Å². The highest BCUT2D eigenvalue weighted by Gasteiger charge is 2.26. The molecule has 0 spiro atoms. The molecule has 0 saturated heterocycles. The van der Waals surface area contributed by atoms with Crippen LogP contribution >= 0.6 is 21.5 Å². The quantitative estimate of drug-likeness (QED) is 0.274. The molecule has 0 bridgehead atoms. The lowest BCUT2D eigenvalue weighted by atomic mass is 9.87. The van der Waals surface area contributed by atoms with Gasteiger partial charge in [0.25, 0.3) is 0 Å². The van der Waals surface area contributed by atoms with E-state index in [1.54, 1.807) is 13.8 Å². The highest BCUT2D eigenvalue weighted by Crippen LogP contribution is 2.36. The second-order valence-electron chi connectivity index (χ2n) is 10.5. The van der Waals surface area contributed by atoms with Crippen molar-refractivity contribution in [2.24, 2.45) is 10.8 Å². The van der Waals surface area contributed by atoms with Crippen LogP contribution in [-0.4, -0.2) is 53.2 Å². The van der Waals surface area contributed by atoms with Crippen LogP contribution in [-0.2, 0) is 14.4 Å². The molecule has 9 heteroatoms. The summed E-state index contributed by atoms with van der Waals surface area (Å²) in [5.74, 6) is -1.23. The molecule has 0 radical (unpaired) electrons. The van der Waals surface area contributed by atoms with E-state index in [1.165, 1.54) is 24.3 Å². The van der Waals surface area contributed by atoms with E-state index in [1.807, 2.05) is 13.8 Å². The van der Waals surface area contributed by atoms with E-state index < -0.39 is 32.9 Å². The number of aliphatic hydroxyl groups is 1. The first-order chi connectivity index (χ1) is 16.3. The largest absolute Gasteiger partial charge is 0.799 e. The second-order valence-corrected chi connectivity index (χ2v) is 13.7. The first-order valence-electron chi connectivity index (χ1n) is 11.8. The number of aliphatic carboxylic acids is 1. The van der Waals surface area contributed by atoms with Gasteiger partial charge >= 0.3 is 5.97 Å². The van der Waals surface area contributed by atoms with Crippen LogP contribution in [0, 0.1) is 10.8 Å². The molecule has 2 rings (SSSR count). The Kier molecular flexibility index (Phi) is 10.6. The predicted octanol–water partition coefficient (Wildman–Crippen LogP) is 4.87. The van der Waals surface area contributed by atoms with Gasteiger partial charge in [0.05, 0.1) is 5.41 Å². The topological polar surface area (TPSA) is 138 Å². The van der Waals surface area contributed by atoms with Crippen LogP contribution in [0.3, 0.4) is 0 Å². The van der Waals surface area contributed by atoms with Crippen molar-refractivity contribution in [3.63, 3.8) is 0 Å². The molecule has 0 aromatic rings. The van der Waals surface area contributed by atoms with Gasteiger partial charge in [-0.2, -0.15) is 0 Å². The van der Waals surface area contributed by atoms with Crippen molar-refractivity contribution >= 4 is 48.8 Å². The number of carbonyl (C=O) groups excluding carboxylic acids is 2. The fourth-order valence-electron chi connectivity index (χ4n) is 3.79. The zero-order valence-electron chi connectivity index (χ0n) is 20.9. The lowest BCUT2D eigenvalue weighted by Gasteiger charge is -2.29. The van der Waals surface area contributed by atoms with Crippen molar-refractivity contribution in [3.8, 4) is 0 Å². The summed E-state index contributed by atoms with van der Waals surface area (Å²) >= 11 is 0. The smallest absolute Gasteiger partial charge is 0.309 e. The molecule has 0 aliphatic carbocycles. The van der Waals surface area contributed by atoms with Gasteiger partial charge < -0.3 is 19.3 Å². The normalized spacial score (nSPS) is 22.0. The molecule has 2 aliphatic rings. The monoisotopic (exact) mass is 524 g/mol. The number of hydrogen-bond donors (Lipinski definition) is 2. The molecule has 35 heavy (non-hydrogen) atoms. The van der Waals surface area contributed by atoms with Crippen molar-refractivity contribution in [1.82, 2.24) is 0 Å². The second kappa shape index (κ2) is 12.5. The average molecular weight is 525 g/mol. The van der Waals surface area contributed by atoms with Gasteiger partial charge in [-0.05, 0) is 95.6 Å². The van der Waals surface area contributed by atoms with Crippen LogP contribution in [0.1, 0.15) is 79.1 Å². The lowest BCUT2D eigenvalue weighted by Crippen LogP contribution is -2.23. The minimum atomic E-state index is -1.54. The Balaban J connectivity index is 2.13. The van der Waals surface area contributed by atoms with Crippen molar-refractivity contribution in [2.45, 2.75) is 79.1 Å². The number of aliphatic hydroxyl groups excluding tert-OH is 1. The van der Waals surface area contributed by atoms with Crippen LogP contribution in [0.5, 0.6) is 0 Å². The Morgan fingerprint density at radius 2 is 1.60 bits per heavy atom. The van der Waals surface area contributed by atoms with E-state index in [4.69, 9.17) is 0 Å². The molecule has 7 nitrogen and oxygen atoms in total. The molecule has 2 atom stereocenters. The molecule has 2 aliphatic heterocycles. The zero-order chi connectivity index (χ0) is 26.4. The number of carboxylic acid groups (broad SMARTS) is 1. The first-order valence-corrected chi connectivity index (χ1v) is 14.1. The Labute approximate surface area is 212 Å². The lowest BCUT2D eigenvalue weighted by molar-refractivity contribution is -0.147. The van der Waals surface area contributed by atoms with Gasteiger partial charge in [-0.15, -0.1) is 0 Å². The molecule has 2 unspecified atom stereocenters. The number of rotatable bonds is 12. The third-order valence-corrected chi connectivity index (χ3v) is 9.38. The maximum absolute atomic E-state index is 13.0. The highest BCUT2D eigenvalue weighted by molar-refractivity contribution is 8.15. The Bertz CT molecular complexity index is 1030. The standard InChI is InChI=1S/C26H37O7S2/c1-25(2,17-27)11-5-7-20-13-18(28)15-22(34(20)32)9-10-23-16-19(29)14-21(35(23)33)8-6-12-26(3,4)24(30)31/h9-10,13,16,27H,5-8,11-12,14-15,17H2,1-4H3,(H2-,29,30,31,32,33)/q-1/p-1. The summed E-state index contributed by atoms with van der Waals surface area (Å²) in [4.78, 5) is 37.6. The van der Waals surface area contributed by atoms with Crippen LogP contribution in [0.15, 0.2) is 34.1 Å². The van der Waals surface area contributed by atoms with E-state index in [2.05, 4.69) is 0 Å². The maximum atomic E-state index is 13.0. The summed E-state index contributed by atoms with van der Waals surface area (Å²) in [6.07, 6.45) is 9.05. The maximum Gasteiger partial charge on any atom is 0.309 e. The molecular weight excluding hydrogens is 488 g/mol. The van der Waals surface area contributed by atoms with Gasteiger partial charge in [0.2, 0.25) is 0 Å². The molecule has 0 saturated carbocycles. The van der Waals surface area contributed by atoms with Crippen molar-refractivity contribution in [1.29, 1.82) is 0 Å². The molecule has 196 valence electrons. The van der Waals surface area contributed by atoms with Gasteiger partial charge in [-0.3, -0.25) is 14.4 Å². The molecule has 2 N–H and O–H groups in total. The minimum absolute atomic E-state index is 0.00342. The average Bonchev–Trinajstić information content (AvgIpc) is 2.77. The van der Waals surface area contributed by atoms with E-state index in [0.29, 0.717) is 51.6 Å². The van der Waals surface area contributed by atoms with Crippen molar-refractivity contribution in [2.75, 3.05) is 6.61 Å². The summed E-state index contributed by atoms with van der Waals surface area (Å²) in [6, 6.07) is 0. The van der Waals surface area contributed by atoms with Crippen LogP contribution in [0.4, 0.5) is 0 Å². The Morgan fingerprint density at radius 3 is 2.23 bits per heavy atom. The SMILES string of the molecule is CC(C)(CO)CCCC1=CC(=O)CC(/C=C/C2=CC(=O)CC(CCCC(C)(C)C(=O)O)=S2[O-])=S1[O-]. The molecule has 2 heterocycles. The Hall–Kier alpha value is -1.65. The Morgan fingerprint density at radius 1 is 0.971 bits per heavy atom. The minimum Gasteiger partial charge on any atom is -0.799 e. The summed E-state index contributed by atoms with van der Waals surface area (Å²) in [6.45, 7) is 7.21. The van der Waals surface area contributed by atoms with Crippen LogP contribution in [0.25, 0.3) is 0 Å². The van der Waals surface area contributed by atoms with E-state index in [0.717, 1.165) is 6.42 Å². The fourth-order valence-corrected chi connectivity index (χ4v) is 6.52. The van der Waals surface area contributed by atoms with Gasteiger partial charge in [-0.1, -0.05) is 19.9 Å². The molecule has 0 fully saturated rings. The van der Waals surface area contributed by atoms with Crippen molar-refractivity contribution < 1.29 is 33.7 Å². The zero-order valence-corrected chi connectivity index (χ0v) is 22.6. The summed E-state index contributed by atoms with van der Waals surface area (Å²) in [5.41, 5.74) is -1.14. The highest BCUT2D eigenvalue weighted by atomic mass is 32.2. The van der Waals surface area contributed by atoms with E-state index in [-0.39, 0.29) is 36.4 Å². The number of hydrogen-bond acceptors (Lipinski definition) is 6. The molecule has 0 amide bonds. The number of allylic oxidation sites excluding steroid dienone is 5. The summed E-state index contributed by atoms with van der Waals surface area (Å²) < 4.78 is 26.0. The number of carboxylic acids is 1. The van der Waals surface area contributed by atoms with Gasteiger partial charge in [0, 0.05) is 19.4 Å². The van der Waals surface area contributed by atoms with Gasteiger partial charge in [-0.25, -0.2) is 21.5 Å². The number of carbonyl (C=O) groups is 3. The number of ketones is 2. The molecular formula is C26H36O7S2-2.